The fourth-order valence-electron chi connectivity index (χ4n) is 4.54. The number of methoxy groups -OCH3 is 2. The average molecular weight is 494 g/mol. The molecule has 0 amide bonds. The normalized spacial score (nSPS) is 16.1. The number of aromatic nitrogens is 2. The molecule has 1 atom stereocenters. The predicted octanol–water partition coefficient (Wildman–Crippen LogP) is 5.20. The molecule has 1 aliphatic rings. The fourth-order valence-corrected chi connectivity index (χ4v) is 5.43. The molecule has 0 unspecified atom stereocenters. The van der Waals surface area contributed by atoms with Crippen molar-refractivity contribution in [1.29, 1.82) is 0 Å². The summed E-state index contributed by atoms with van der Waals surface area (Å²) in [5.74, 6) is 0.738. The second-order valence-electron chi connectivity index (χ2n) is 8.57. The van der Waals surface area contributed by atoms with Crippen LogP contribution in [0.4, 0.5) is 0 Å². The molecule has 0 saturated carbocycles. The summed E-state index contributed by atoms with van der Waals surface area (Å²) in [6.45, 7) is 3.21. The average Bonchev–Trinajstić information content (AvgIpc) is 2.89. The molecule has 0 spiro atoms. The zero-order valence-corrected chi connectivity index (χ0v) is 21.2. The lowest BCUT2D eigenvalue weighted by Crippen LogP contribution is -2.44. The Labute approximate surface area is 210 Å². The van der Waals surface area contributed by atoms with E-state index in [1.165, 1.54) is 34.0 Å². The summed E-state index contributed by atoms with van der Waals surface area (Å²) in [6, 6.07) is 16.2. The molecule has 1 fully saturated rings. The summed E-state index contributed by atoms with van der Waals surface area (Å²) in [4.78, 5) is 23.0. The van der Waals surface area contributed by atoms with Crippen molar-refractivity contribution in [2.45, 2.75) is 49.7 Å². The molecule has 35 heavy (non-hydrogen) atoms. The van der Waals surface area contributed by atoms with Crippen LogP contribution in [0, 0.1) is 6.92 Å². The summed E-state index contributed by atoms with van der Waals surface area (Å²) in [5, 5.41) is 10.2. The molecular weight excluding hydrogens is 462 g/mol. The molecule has 1 N–H and O–H groups in total. The summed E-state index contributed by atoms with van der Waals surface area (Å²) in [5.41, 5.74) is 5.52. The molecular formula is C27H31N3O4S. The number of carboxylic acids is 1. The van der Waals surface area contributed by atoms with Gasteiger partial charge in [0.2, 0.25) is 11.8 Å². The highest BCUT2D eigenvalue weighted by molar-refractivity contribution is 7.98. The number of hydrogen-bond acceptors (Lipinski definition) is 7. The van der Waals surface area contributed by atoms with Gasteiger partial charge in [0, 0.05) is 12.3 Å². The molecule has 184 valence electrons. The van der Waals surface area contributed by atoms with Crippen molar-refractivity contribution in [3.05, 3.63) is 65.2 Å². The Morgan fingerprint density at radius 2 is 1.77 bits per heavy atom. The summed E-state index contributed by atoms with van der Waals surface area (Å²) in [7, 11) is 3.14. The van der Waals surface area contributed by atoms with Crippen LogP contribution >= 0.6 is 11.8 Å². The number of rotatable bonds is 9. The molecule has 1 aromatic heterocycles. The first kappa shape index (κ1) is 25.0. The Morgan fingerprint density at radius 3 is 2.43 bits per heavy atom. The highest BCUT2D eigenvalue weighted by atomic mass is 32.2. The predicted molar refractivity (Wildman–Crippen MR) is 137 cm³/mol. The maximum atomic E-state index is 11.7. The maximum Gasteiger partial charge on any atom is 0.320 e. The summed E-state index contributed by atoms with van der Waals surface area (Å²) >= 11 is 1.52. The van der Waals surface area contributed by atoms with Crippen molar-refractivity contribution in [2.24, 2.45) is 0 Å². The monoisotopic (exact) mass is 493 g/mol. The quantitative estimate of drug-likeness (QED) is 0.322. The number of benzene rings is 2. The van der Waals surface area contributed by atoms with E-state index in [1.54, 1.807) is 14.2 Å². The third-order valence-electron chi connectivity index (χ3n) is 6.44. The van der Waals surface area contributed by atoms with E-state index >= 15 is 0 Å². The highest BCUT2D eigenvalue weighted by Gasteiger charge is 2.30. The van der Waals surface area contributed by atoms with Crippen LogP contribution in [0.2, 0.25) is 0 Å². The van der Waals surface area contributed by atoms with Crippen LogP contribution in [0.3, 0.4) is 0 Å². The van der Waals surface area contributed by atoms with Crippen LogP contribution in [0.25, 0.3) is 11.1 Å². The Kier molecular flexibility index (Phi) is 8.25. The molecule has 2 heterocycles. The van der Waals surface area contributed by atoms with E-state index in [4.69, 9.17) is 9.47 Å². The van der Waals surface area contributed by atoms with Gasteiger partial charge in [0.15, 0.2) is 5.16 Å². The van der Waals surface area contributed by atoms with E-state index in [0.29, 0.717) is 47.7 Å². The van der Waals surface area contributed by atoms with Crippen molar-refractivity contribution in [1.82, 2.24) is 14.9 Å². The van der Waals surface area contributed by atoms with Gasteiger partial charge in [-0.1, -0.05) is 66.7 Å². The van der Waals surface area contributed by atoms with Gasteiger partial charge in [-0.2, -0.15) is 9.97 Å². The first-order valence-electron chi connectivity index (χ1n) is 11.7. The molecule has 0 aliphatic carbocycles. The molecule has 4 rings (SSSR count). The number of aliphatic carboxylic acids is 1. The molecule has 2 aromatic carbocycles. The van der Waals surface area contributed by atoms with Gasteiger partial charge in [-0.25, -0.2) is 0 Å². The van der Waals surface area contributed by atoms with Gasteiger partial charge in [0.1, 0.15) is 6.04 Å². The number of carbonyl (C=O) groups is 1. The zero-order chi connectivity index (χ0) is 24.8. The molecule has 8 heteroatoms. The smallest absolute Gasteiger partial charge is 0.320 e. The third kappa shape index (κ3) is 5.77. The van der Waals surface area contributed by atoms with Crippen molar-refractivity contribution in [3.8, 4) is 22.9 Å². The summed E-state index contributed by atoms with van der Waals surface area (Å²) < 4.78 is 11.2. The minimum atomic E-state index is -0.802. The first-order valence-corrected chi connectivity index (χ1v) is 12.7. The van der Waals surface area contributed by atoms with Crippen molar-refractivity contribution in [3.63, 3.8) is 0 Å². The van der Waals surface area contributed by atoms with E-state index in [9.17, 15) is 9.90 Å². The minimum absolute atomic E-state index is 0.368. The lowest BCUT2D eigenvalue weighted by Gasteiger charge is -2.33. The number of ether oxygens (including phenoxy) is 2. The second kappa shape index (κ2) is 11.6. The molecule has 7 nitrogen and oxygen atoms in total. The van der Waals surface area contributed by atoms with E-state index in [2.05, 4.69) is 47.2 Å². The number of likely N-dealkylation sites (tertiary alicyclic amines) is 1. The van der Waals surface area contributed by atoms with Crippen LogP contribution in [0.15, 0.2) is 53.7 Å². The van der Waals surface area contributed by atoms with E-state index in [-0.39, 0.29) is 0 Å². The van der Waals surface area contributed by atoms with Crippen LogP contribution < -0.4 is 9.47 Å². The Hall–Kier alpha value is -3.10. The number of thioether (sulfide) groups is 1. The highest BCUT2D eigenvalue weighted by Crippen LogP contribution is 2.34. The van der Waals surface area contributed by atoms with Gasteiger partial charge < -0.3 is 14.6 Å². The van der Waals surface area contributed by atoms with Crippen molar-refractivity contribution < 1.29 is 19.4 Å². The molecule has 1 saturated heterocycles. The molecule has 0 bridgehead atoms. The van der Waals surface area contributed by atoms with E-state index in [1.807, 2.05) is 23.1 Å². The maximum absolute atomic E-state index is 11.7. The second-order valence-corrected chi connectivity index (χ2v) is 9.51. The SMILES string of the molecule is COc1nc(SCc2cccc(-c3ccccc3)c2C)nc(OC)c1CN1CCCC[C@H]1C(=O)O. The zero-order valence-electron chi connectivity index (χ0n) is 20.4. The topological polar surface area (TPSA) is 84.8 Å². The van der Waals surface area contributed by atoms with E-state index < -0.39 is 12.0 Å². The van der Waals surface area contributed by atoms with Crippen molar-refractivity contribution in [2.75, 3.05) is 20.8 Å². The minimum Gasteiger partial charge on any atom is -0.481 e. The number of piperidine rings is 1. The molecule has 0 radical (unpaired) electrons. The molecule has 1 aliphatic heterocycles. The van der Waals surface area contributed by atoms with Gasteiger partial charge >= 0.3 is 5.97 Å². The van der Waals surface area contributed by atoms with Gasteiger partial charge in [-0.05, 0) is 48.6 Å². The Balaban J connectivity index is 1.55. The number of hydrogen-bond donors (Lipinski definition) is 1. The standard InChI is InChI=1S/C27H31N3O4S/c1-18-20(12-9-13-21(18)19-10-5-4-6-11-19)17-35-27-28-24(33-2)22(25(29-27)34-3)16-30-15-8-7-14-23(30)26(31)32/h4-6,9-13,23H,7-8,14-17H2,1-3H3,(H,31,32)/t23-/m0/s1. The van der Waals surface area contributed by atoms with Crippen LogP contribution in [0.5, 0.6) is 11.8 Å². The van der Waals surface area contributed by atoms with Crippen LogP contribution in [0.1, 0.15) is 36.0 Å². The van der Waals surface area contributed by atoms with Crippen molar-refractivity contribution >= 4 is 17.7 Å². The first-order chi connectivity index (χ1) is 17.0. The van der Waals surface area contributed by atoms with E-state index in [0.717, 1.165) is 12.8 Å². The lowest BCUT2D eigenvalue weighted by atomic mass is 9.97. The third-order valence-corrected chi connectivity index (χ3v) is 7.34. The lowest BCUT2D eigenvalue weighted by molar-refractivity contribution is -0.144. The van der Waals surface area contributed by atoms with Gasteiger partial charge in [-0.15, -0.1) is 0 Å². The molecule has 3 aromatic rings. The summed E-state index contributed by atoms with van der Waals surface area (Å²) in [6.07, 6.45) is 2.51. The van der Waals surface area contributed by atoms with Crippen LogP contribution in [-0.4, -0.2) is 52.7 Å². The largest absolute Gasteiger partial charge is 0.481 e. The number of nitrogens with zero attached hydrogens (tertiary/aromatic N) is 3. The Bertz CT molecular complexity index is 1150. The number of carboxylic acid groups (broad SMARTS) is 1. The van der Waals surface area contributed by atoms with Gasteiger partial charge in [0.05, 0.1) is 19.8 Å². The van der Waals surface area contributed by atoms with Crippen LogP contribution in [-0.2, 0) is 17.1 Å². The van der Waals surface area contributed by atoms with Gasteiger partial charge in [-0.3, -0.25) is 9.69 Å². The Morgan fingerprint density at radius 1 is 1.06 bits per heavy atom. The van der Waals surface area contributed by atoms with Gasteiger partial charge in [0.25, 0.3) is 0 Å². The fraction of sp³-hybridized carbons (Fsp3) is 0.370.